The molecular weight excluding hydrogens is 1410 g/mol. The summed E-state index contributed by atoms with van der Waals surface area (Å²) in [4.78, 5) is 83.8. The van der Waals surface area contributed by atoms with Gasteiger partial charge >= 0.3 is 0 Å². The van der Waals surface area contributed by atoms with Crippen molar-refractivity contribution in [3.05, 3.63) is 232 Å². The van der Waals surface area contributed by atoms with Crippen molar-refractivity contribution in [3.63, 3.8) is 0 Å². The number of nitrogens with two attached hydrogens (primary N) is 3. The van der Waals surface area contributed by atoms with Crippen LogP contribution < -0.4 is 48.1 Å². The summed E-state index contributed by atoms with van der Waals surface area (Å²) in [5.41, 5.74) is 22.9. The van der Waals surface area contributed by atoms with Gasteiger partial charge in [0.05, 0.1) is 40.8 Å². The number of amides is 3. The van der Waals surface area contributed by atoms with Gasteiger partial charge in [-0.25, -0.2) is 15.3 Å². The van der Waals surface area contributed by atoms with Crippen LogP contribution in [0.25, 0.3) is 66.5 Å². The number of para-hydroxylation sites is 3. The quantitative estimate of drug-likeness (QED) is 0.0410. The molecule has 9 N–H and O–H groups in total. The van der Waals surface area contributed by atoms with Crippen LogP contribution in [-0.4, -0.2) is 156 Å². The predicted molar refractivity (Wildman–Crippen MR) is 427 cm³/mol. The van der Waals surface area contributed by atoms with Gasteiger partial charge in [-0.05, 0) is 199 Å². The summed E-state index contributed by atoms with van der Waals surface area (Å²) >= 11 is 0. The van der Waals surface area contributed by atoms with Gasteiger partial charge in [0.2, 0.25) is 17.7 Å². The molecule has 0 spiro atoms. The molecule has 6 aromatic heterocycles. The molecule has 1 aliphatic carbocycles. The highest BCUT2D eigenvalue weighted by atomic mass is 16.5. The molecule has 3 amide bonds. The van der Waals surface area contributed by atoms with Gasteiger partial charge in [-0.1, -0.05) is 80.3 Å². The zero-order chi connectivity index (χ0) is 77.1. The fourth-order valence-electron chi connectivity index (χ4n) is 15.1. The first-order valence-electron chi connectivity index (χ1n) is 37.3. The molecule has 28 nitrogen and oxygen atoms in total. The molecule has 0 unspecified atom stereocenters. The van der Waals surface area contributed by atoms with Gasteiger partial charge in [0.25, 0.3) is 16.7 Å². The highest BCUT2D eigenvalue weighted by Gasteiger charge is 2.34. The number of aromatic amines is 3. The van der Waals surface area contributed by atoms with Crippen molar-refractivity contribution in [2.24, 2.45) is 0 Å². The normalized spacial score (nSPS) is 17.2. The third kappa shape index (κ3) is 16.7. The number of nitrogen functional groups attached to an aromatic ring is 3. The molecule has 28 heteroatoms. The van der Waals surface area contributed by atoms with E-state index in [1.54, 1.807) is 37.0 Å². The number of nitrogens with zero attached hydrogens (tertiary/aromatic N) is 13. The van der Waals surface area contributed by atoms with Crippen LogP contribution in [0.4, 0.5) is 17.5 Å². The molecule has 9 heterocycles. The number of ether oxygens (including phenoxy) is 3. The molecule has 16 rings (SSSR count). The molecular formula is C83H87N19O9. The van der Waals surface area contributed by atoms with Gasteiger partial charge in [-0.3, -0.25) is 47.7 Å². The highest BCUT2D eigenvalue weighted by molar-refractivity contribution is 6.02. The molecule has 4 fully saturated rings. The second kappa shape index (κ2) is 33.9. The van der Waals surface area contributed by atoms with Gasteiger partial charge in [-0.15, -0.1) is 0 Å². The Morgan fingerprint density at radius 3 is 1.39 bits per heavy atom. The number of benzene rings is 6. The minimum atomic E-state index is -0.383. The number of anilines is 3. The minimum absolute atomic E-state index is 0.00695. The third-order valence-corrected chi connectivity index (χ3v) is 20.8. The Balaban J connectivity index is 0.000000139. The molecule has 2 atom stereocenters. The number of hydrogen-bond acceptors (Lipinski definition) is 19. The van der Waals surface area contributed by atoms with E-state index in [-0.39, 0.29) is 76.0 Å². The molecule has 6 aromatic carbocycles. The molecule has 3 aliphatic heterocycles. The standard InChI is InChI=1S/C31H35N7O3.C27H28N6O3.C25H24N6O3/c32-30-27-28(22-13-15-25(16-14-22)41-24-10-3-1-4-11-24)35-38(29(27)31(40)34-33-30)23-9-7-20-37(21-23)26(39)12-8-19-36-17-5-2-6-18-36;1-3-22(34)32(2)18-11-13-19(14-12-18)33-25-23(26(28)29-30-27(25)35)24(31-33)17-9-15-21(16-10-17)36-20-7-5-4-6-8-20;1-2-20(32)30-14-6-7-17(30)15-31-23-21(24(26)27-28-25(23)33)22(29-31)16-10-12-19(13-11-16)34-18-8-4-3-5-9-18/h1,3-4,8,10-16,23H,2,5-7,9,17-21H2,(H2,32,33)(H,34,40);3-10,15-16,18-19H,1,11-14H2,2H3,(H2,28,29)(H,30,35);2-5,8-13,17H,1,6-7,14-15H2,(H2,26,27)(H,28,33)/b12-8+;;/t23-;;17-/m1.0/s1. The average Bonchev–Trinajstić information content (AvgIpc) is 1.61. The van der Waals surface area contributed by atoms with Crippen LogP contribution in [0.5, 0.6) is 34.5 Å². The second-order valence-electron chi connectivity index (χ2n) is 27.9. The van der Waals surface area contributed by atoms with Crippen molar-refractivity contribution in [2.45, 2.75) is 101 Å². The average molecular weight is 1490 g/mol. The fraction of sp³-hybridized carbons (Fsp3) is 0.277. The number of hydrogen-bond donors (Lipinski definition) is 6. The topological polar surface area (TPSA) is 361 Å². The lowest BCUT2D eigenvalue weighted by Gasteiger charge is -2.34. The second-order valence-corrected chi connectivity index (χ2v) is 27.9. The van der Waals surface area contributed by atoms with E-state index in [1.165, 1.54) is 31.4 Å². The molecule has 0 radical (unpaired) electrons. The van der Waals surface area contributed by atoms with Crippen LogP contribution in [-0.2, 0) is 20.9 Å². The predicted octanol–water partition coefficient (Wildman–Crippen LogP) is 12.0. The Hall–Kier alpha value is -13.2. The van der Waals surface area contributed by atoms with Crippen molar-refractivity contribution < 1.29 is 28.6 Å². The Bertz CT molecular complexity index is 5530. The van der Waals surface area contributed by atoms with E-state index in [9.17, 15) is 28.8 Å². The Labute approximate surface area is 638 Å². The van der Waals surface area contributed by atoms with Crippen LogP contribution in [0.3, 0.4) is 0 Å². The van der Waals surface area contributed by atoms with Gasteiger partial charge in [0, 0.05) is 62.0 Å². The lowest BCUT2D eigenvalue weighted by molar-refractivity contribution is -0.128. The van der Waals surface area contributed by atoms with Gasteiger partial charge in [0.1, 0.15) is 68.1 Å². The van der Waals surface area contributed by atoms with E-state index in [1.807, 2.05) is 175 Å². The first-order valence-corrected chi connectivity index (χ1v) is 37.3. The Kier molecular flexibility index (Phi) is 22.8. The van der Waals surface area contributed by atoms with Crippen molar-refractivity contribution in [1.82, 2.24) is 79.5 Å². The number of carbonyl (C=O) groups is 3. The van der Waals surface area contributed by atoms with E-state index < -0.39 is 0 Å². The summed E-state index contributed by atoms with van der Waals surface area (Å²) in [6.45, 7) is 12.3. The molecule has 12 aromatic rings. The molecule has 1 saturated carbocycles. The smallest absolute Gasteiger partial charge is 0.290 e. The van der Waals surface area contributed by atoms with Crippen LogP contribution in [0.15, 0.2) is 216 Å². The molecule has 0 bridgehead atoms. The van der Waals surface area contributed by atoms with Crippen molar-refractivity contribution in [1.29, 1.82) is 0 Å². The number of H-pyrrole nitrogens is 3. The first kappa shape index (κ1) is 74.6. The number of likely N-dealkylation sites (tertiary alicyclic amines) is 3. The van der Waals surface area contributed by atoms with E-state index in [2.05, 4.69) is 48.6 Å². The molecule has 111 heavy (non-hydrogen) atoms. The minimum Gasteiger partial charge on any atom is -0.457 e. The fourth-order valence-corrected chi connectivity index (χ4v) is 15.1. The first-order chi connectivity index (χ1) is 54.1. The van der Waals surface area contributed by atoms with Crippen molar-refractivity contribution >= 4 is 67.9 Å². The van der Waals surface area contributed by atoms with Crippen LogP contribution in [0.1, 0.15) is 82.7 Å². The number of nitrogens with one attached hydrogen (secondary N) is 3. The number of aromatic nitrogens is 12. The molecule has 568 valence electrons. The van der Waals surface area contributed by atoms with Crippen LogP contribution in [0, 0.1) is 0 Å². The maximum atomic E-state index is 13.1. The van der Waals surface area contributed by atoms with E-state index >= 15 is 0 Å². The Morgan fingerprint density at radius 2 is 0.919 bits per heavy atom. The number of likely N-dealkylation sites (N-methyl/N-ethyl adjacent to an activating group) is 1. The monoisotopic (exact) mass is 1490 g/mol. The summed E-state index contributed by atoms with van der Waals surface area (Å²) in [5.74, 6) is 4.67. The summed E-state index contributed by atoms with van der Waals surface area (Å²) in [7, 11) is 1.80. The number of carbonyl (C=O) groups excluding carboxylic acids is 3. The van der Waals surface area contributed by atoms with Gasteiger partial charge < -0.3 is 46.1 Å². The zero-order valence-electron chi connectivity index (χ0n) is 61.6. The lowest BCUT2D eigenvalue weighted by Crippen LogP contribution is -2.40. The summed E-state index contributed by atoms with van der Waals surface area (Å²) in [6.07, 6.45) is 16.5. The largest absolute Gasteiger partial charge is 0.457 e. The van der Waals surface area contributed by atoms with Gasteiger partial charge in [0.15, 0.2) is 17.5 Å². The Morgan fingerprint density at radius 1 is 0.486 bits per heavy atom. The molecule has 3 saturated heterocycles. The van der Waals surface area contributed by atoms with Crippen molar-refractivity contribution in [2.75, 3.05) is 63.5 Å². The highest BCUT2D eigenvalue weighted by Crippen LogP contribution is 2.40. The lowest BCUT2D eigenvalue weighted by atomic mass is 9.90. The number of piperidine rings is 2. The van der Waals surface area contributed by atoms with E-state index in [4.69, 9.17) is 46.7 Å². The SMILES string of the molecule is C=CC(=O)N(C)C1CCC(n2nc(-c3ccc(Oc4ccccc4)cc3)c3c(N)n[nH]c(=O)c32)CC1.C=CC(=O)N1CCC[C@H]1Cn1nc(-c2ccc(Oc3ccccc3)cc2)c2c(N)n[nH]c(=O)c21.Nc1n[nH]c(=O)c2c1c(-c1ccc(Oc3ccccc3)cc1)nn2[C@@H]1CCCN(C(=O)/C=C/CN2CCCCC2)C1. The van der Waals surface area contributed by atoms with Crippen LogP contribution in [0.2, 0.25) is 0 Å². The van der Waals surface area contributed by atoms with Gasteiger partial charge in [-0.2, -0.15) is 30.6 Å². The zero-order valence-corrected chi connectivity index (χ0v) is 61.6. The summed E-state index contributed by atoms with van der Waals surface area (Å²) in [5, 5.41) is 35.5. The van der Waals surface area contributed by atoms with Crippen LogP contribution >= 0.6 is 0 Å². The summed E-state index contributed by atoms with van der Waals surface area (Å²) in [6, 6.07) is 51.0. The number of fused-ring (bicyclic) bond motifs is 3. The third-order valence-electron chi connectivity index (χ3n) is 20.8. The van der Waals surface area contributed by atoms with E-state index in [0.717, 1.165) is 105 Å². The maximum Gasteiger partial charge on any atom is 0.290 e. The maximum absolute atomic E-state index is 13.1. The van der Waals surface area contributed by atoms with E-state index in [0.29, 0.717) is 93.2 Å². The number of rotatable bonds is 19. The van der Waals surface area contributed by atoms with Crippen molar-refractivity contribution in [3.8, 4) is 68.3 Å². The molecule has 4 aliphatic rings. The summed E-state index contributed by atoms with van der Waals surface area (Å²) < 4.78 is 22.9.